The van der Waals surface area contributed by atoms with Crippen molar-refractivity contribution in [1.82, 2.24) is 14.7 Å². The zero-order valence-corrected chi connectivity index (χ0v) is 26.5. The number of hydrogen-bond donors (Lipinski definition) is 0. The third-order valence-corrected chi connectivity index (χ3v) is 10.8. The molecule has 1 aromatic rings. The number of carbonyl (C=O) groups excluding carboxylic acids is 1. The Morgan fingerprint density at radius 1 is 1.23 bits per heavy atom. The predicted octanol–water partition coefficient (Wildman–Crippen LogP) is 4.67. The summed E-state index contributed by atoms with van der Waals surface area (Å²) in [5, 5.41) is 10.6. The summed E-state index contributed by atoms with van der Waals surface area (Å²) >= 11 is 0. The average Bonchev–Trinajstić information content (AvgIpc) is 3.62. The van der Waals surface area contributed by atoms with Crippen LogP contribution in [0.15, 0.2) is 57.9 Å². The summed E-state index contributed by atoms with van der Waals surface area (Å²) in [5.41, 5.74) is 3.62. The van der Waals surface area contributed by atoms with Gasteiger partial charge in [-0.3, -0.25) is 14.7 Å². The third-order valence-electron chi connectivity index (χ3n) is 10.8. The Hall–Kier alpha value is -4.35. The summed E-state index contributed by atoms with van der Waals surface area (Å²) in [6, 6.07) is 6.82. The van der Waals surface area contributed by atoms with Gasteiger partial charge in [0.05, 0.1) is 11.5 Å². The number of alkyl halides is 1. The van der Waals surface area contributed by atoms with Crippen LogP contribution in [-0.2, 0) is 22.4 Å². The highest BCUT2D eigenvalue weighted by atomic mass is 19.1. The summed E-state index contributed by atoms with van der Waals surface area (Å²) < 4.78 is 37.9. The van der Waals surface area contributed by atoms with Gasteiger partial charge in [0.2, 0.25) is 18.3 Å². The average molecular weight is 640 g/mol. The van der Waals surface area contributed by atoms with Gasteiger partial charge >= 0.3 is 0 Å². The highest BCUT2D eigenvalue weighted by Crippen LogP contribution is 2.44. The minimum Gasteiger partial charge on any atom is -0.475 e. The normalized spacial score (nSPS) is 30.3. The van der Waals surface area contributed by atoms with E-state index in [0.717, 1.165) is 56.2 Å². The van der Waals surface area contributed by atoms with Crippen LogP contribution < -0.4 is 0 Å². The number of aliphatic imine (C=N–C) groups is 2. The van der Waals surface area contributed by atoms with Crippen LogP contribution in [0.5, 0.6) is 0 Å². The van der Waals surface area contributed by atoms with Crippen molar-refractivity contribution in [2.45, 2.75) is 68.7 Å². The first kappa shape index (κ1) is 31.3. The molecule has 1 aliphatic carbocycles. The lowest BCUT2D eigenvalue weighted by Crippen LogP contribution is -2.57. The van der Waals surface area contributed by atoms with E-state index < -0.39 is 35.5 Å². The van der Waals surface area contributed by atoms with Crippen molar-refractivity contribution < 1.29 is 18.3 Å². The SMILES string of the molecule is [C-]#[N+]C[C@H]1CN(C2=C(C#N)C(OC[C@@]34CCCN3C[C@H](F)C4)=NC3C(F)=C(c4cccc5c4CCCC5)N=CC23)CCN1C(=O)C=C. The number of piperazine rings is 1. The second-order valence-electron chi connectivity index (χ2n) is 13.4. The molecule has 1 amide bonds. The van der Waals surface area contributed by atoms with Crippen molar-refractivity contribution in [1.29, 1.82) is 5.26 Å². The molecule has 0 bridgehead atoms. The molecule has 244 valence electrons. The van der Waals surface area contributed by atoms with Crippen LogP contribution in [0.2, 0.25) is 0 Å². The maximum Gasteiger partial charge on any atom is 0.246 e. The van der Waals surface area contributed by atoms with E-state index in [4.69, 9.17) is 21.3 Å². The maximum atomic E-state index is 16.9. The minimum atomic E-state index is -1.01. The summed E-state index contributed by atoms with van der Waals surface area (Å²) in [6.07, 6.45) is 8.03. The number of ether oxygens (including phenoxy) is 1. The fraction of sp³-hybridized carbons (Fsp3) is 0.528. The lowest BCUT2D eigenvalue weighted by molar-refractivity contribution is -0.130. The quantitative estimate of drug-likeness (QED) is 0.334. The topological polar surface area (TPSA) is 88.9 Å². The first-order valence-corrected chi connectivity index (χ1v) is 16.7. The summed E-state index contributed by atoms with van der Waals surface area (Å²) in [5.74, 6) is -1.36. The third kappa shape index (κ3) is 5.45. The molecule has 2 unspecified atom stereocenters. The van der Waals surface area contributed by atoms with Gasteiger partial charge in [0.15, 0.2) is 5.83 Å². The van der Waals surface area contributed by atoms with E-state index in [1.807, 2.05) is 17.0 Å². The molecule has 9 nitrogen and oxygen atoms in total. The number of nitrogens with zero attached hydrogens (tertiary/aromatic N) is 7. The Kier molecular flexibility index (Phi) is 8.44. The van der Waals surface area contributed by atoms with Gasteiger partial charge in [-0.25, -0.2) is 20.3 Å². The highest BCUT2D eigenvalue weighted by Gasteiger charge is 2.50. The Morgan fingerprint density at radius 3 is 2.89 bits per heavy atom. The molecular weight excluding hydrogens is 600 g/mol. The Balaban J connectivity index is 1.28. The Labute approximate surface area is 274 Å². The number of dihydropyridines is 1. The standard InChI is InChI=1S/C36H39F2N7O2/c1-3-30(46)45-15-14-43(21-25(45)18-40-2)34-28(17-39)35(47-22-36-12-7-13-44(36)20-24(37)16-36)42-33-29(34)19-41-32(31(33)38)27-11-6-9-23-8-4-5-10-26(23)27/h3,6,9,11,19,24-25,29,33H,1,4-5,7-8,10,12-16,18,20-22H2/t24-,25+,29?,33?,36+/m1/s1. The fourth-order valence-corrected chi connectivity index (χ4v) is 8.60. The number of amides is 1. The first-order valence-electron chi connectivity index (χ1n) is 16.7. The molecule has 5 atom stereocenters. The zero-order valence-electron chi connectivity index (χ0n) is 26.5. The molecule has 1 aromatic carbocycles. The van der Waals surface area contributed by atoms with E-state index in [9.17, 15) is 14.4 Å². The number of aryl methyl sites for hydroxylation is 1. The van der Waals surface area contributed by atoms with Crippen LogP contribution in [0, 0.1) is 23.8 Å². The number of halogens is 2. The number of nitriles is 1. The van der Waals surface area contributed by atoms with Gasteiger partial charge in [0.1, 0.15) is 42.2 Å². The molecule has 5 heterocycles. The largest absolute Gasteiger partial charge is 0.475 e. The van der Waals surface area contributed by atoms with Gasteiger partial charge in [0, 0.05) is 50.1 Å². The molecule has 11 heteroatoms. The molecule has 0 radical (unpaired) electrons. The van der Waals surface area contributed by atoms with E-state index in [1.54, 1.807) is 11.1 Å². The van der Waals surface area contributed by atoms with Crippen molar-refractivity contribution in [2.24, 2.45) is 15.9 Å². The van der Waals surface area contributed by atoms with Gasteiger partial charge in [-0.15, -0.1) is 0 Å². The van der Waals surface area contributed by atoms with Gasteiger partial charge in [-0.05, 0) is 62.3 Å². The Morgan fingerprint density at radius 2 is 2.09 bits per heavy atom. The van der Waals surface area contributed by atoms with Crippen LogP contribution in [-0.4, -0.2) is 102 Å². The molecular formula is C36H39F2N7O2. The van der Waals surface area contributed by atoms with E-state index in [0.29, 0.717) is 31.8 Å². The second-order valence-corrected chi connectivity index (χ2v) is 13.4. The van der Waals surface area contributed by atoms with E-state index in [1.165, 1.54) is 11.6 Å². The minimum absolute atomic E-state index is 0.0542. The van der Waals surface area contributed by atoms with Crippen molar-refractivity contribution in [3.05, 3.63) is 76.1 Å². The van der Waals surface area contributed by atoms with E-state index in [-0.39, 0.29) is 42.8 Å². The van der Waals surface area contributed by atoms with Crippen molar-refractivity contribution in [3.63, 3.8) is 0 Å². The lowest BCUT2D eigenvalue weighted by Gasteiger charge is -2.44. The molecule has 0 N–H and O–H groups in total. The van der Waals surface area contributed by atoms with Crippen molar-refractivity contribution in [3.8, 4) is 6.07 Å². The molecule has 3 saturated heterocycles. The van der Waals surface area contributed by atoms with Crippen molar-refractivity contribution >= 4 is 23.7 Å². The number of fused-ring (bicyclic) bond motifs is 3. The van der Waals surface area contributed by atoms with Crippen LogP contribution in [0.25, 0.3) is 10.5 Å². The van der Waals surface area contributed by atoms with Crippen LogP contribution >= 0.6 is 0 Å². The van der Waals surface area contributed by atoms with E-state index >= 15 is 4.39 Å². The molecule has 5 aliphatic heterocycles. The highest BCUT2D eigenvalue weighted by molar-refractivity contribution is 6.01. The number of carbonyl (C=O) groups is 1. The van der Waals surface area contributed by atoms with Crippen LogP contribution in [0.3, 0.4) is 0 Å². The molecule has 7 rings (SSSR count). The van der Waals surface area contributed by atoms with Gasteiger partial charge in [-0.1, -0.05) is 24.8 Å². The smallest absolute Gasteiger partial charge is 0.246 e. The predicted molar refractivity (Wildman–Crippen MR) is 175 cm³/mol. The first-order chi connectivity index (χ1) is 22.9. The van der Waals surface area contributed by atoms with Crippen LogP contribution in [0.1, 0.15) is 48.8 Å². The molecule has 0 spiro atoms. The van der Waals surface area contributed by atoms with E-state index in [2.05, 4.69) is 28.5 Å². The Bertz CT molecular complexity index is 1690. The molecule has 47 heavy (non-hydrogen) atoms. The molecule has 3 fully saturated rings. The number of rotatable bonds is 6. The van der Waals surface area contributed by atoms with Gasteiger partial charge in [-0.2, -0.15) is 5.26 Å². The summed E-state index contributed by atoms with van der Waals surface area (Å²) in [6.45, 7) is 13.5. The van der Waals surface area contributed by atoms with Gasteiger partial charge < -0.3 is 19.4 Å². The molecule has 6 aliphatic rings. The van der Waals surface area contributed by atoms with Crippen LogP contribution in [0.4, 0.5) is 8.78 Å². The fourth-order valence-electron chi connectivity index (χ4n) is 8.60. The molecule has 0 saturated carbocycles. The molecule has 0 aromatic heterocycles. The second kappa shape index (κ2) is 12.7. The summed E-state index contributed by atoms with van der Waals surface area (Å²) in [4.78, 5) is 31.5. The number of benzene rings is 1. The monoisotopic (exact) mass is 639 g/mol. The van der Waals surface area contributed by atoms with Gasteiger partial charge in [0.25, 0.3) is 0 Å². The summed E-state index contributed by atoms with van der Waals surface area (Å²) in [7, 11) is 0. The maximum absolute atomic E-state index is 16.9. The lowest BCUT2D eigenvalue weighted by atomic mass is 9.83. The number of hydrogen-bond acceptors (Lipinski definition) is 7. The zero-order chi connectivity index (χ0) is 32.7. The van der Waals surface area contributed by atoms with Crippen molar-refractivity contribution in [2.75, 3.05) is 45.9 Å².